The number of aromatic amines is 1. The van der Waals surface area contributed by atoms with E-state index >= 15 is 0 Å². The van der Waals surface area contributed by atoms with Gasteiger partial charge in [-0.1, -0.05) is 30.3 Å². The summed E-state index contributed by atoms with van der Waals surface area (Å²) in [5.74, 6) is -0.0134. The maximum absolute atomic E-state index is 11.9. The second kappa shape index (κ2) is 6.47. The van der Waals surface area contributed by atoms with Gasteiger partial charge in [0.2, 0.25) is 0 Å². The number of amides is 1. The number of nitrogens with one attached hydrogen (secondary N) is 2. The molecule has 1 unspecified atom stereocenters. The average Bonchev–Trinajstić information content (AvgIpc) is 3.00. The second-order valence-corrected chi connectivity index (χ2v) is 7.86. The Morgan fingerprint density at radius 2 is 2.00 bits per heavy atom. The van der Waals surface area contributed by atoms with Crippen LogP contribution in [0.1, 0.15) is 19.2 Å². The molecule has 2 aromatic rings. The molecule has 1 atom stereocenters. The van der Waals surface area contributed by atoms with Gasteiger partial charge < -0.3 is 0 Å². The third kappa shape index (κ3) is 3.57. The number of nitrogens with zero attached hydrogens (tertiary/aromatic N) is 2. The van der Waals surface area contributed by atoms with Gasteiger partial charge in [0.05, 0.1) is 0 Å². The van der Waals surface area contributed by atoms with Gasteiger partial charge in [0.25, 0.3) is 5.91 Å². The first-order valence-corrected chi connectivity index (χ1v) is 8.78. The molecule has 9 heteroatoms. The number of rotatable bonds is 6. The van der Waals surface area contributed by atoms with Crippen LogP contribution in [0.4, 0.5) is 0 Å². The fraction of sp³-hybridized carbons (Fsp3) is 0.357. The van der Waals surface area contributed by atoms with Crippen molar-refractivity contribution < 1.29 is 18.4 Å². The van der Waals surface area contributed by atoms with E-state index in [0.717, 1.165) is 11.8 Å². The van der Waals surface area contributed by atoms with E-state index in [2.05, 4.69) is 15.2 Å². The Bertz CT molecular complexity index is 788. The molecule has 0 bridgehead atoms. The van der Waals surface area contributed by atoms with Crippen LogP contribution >= 0.6 is 0 Å². The number of benzene rings is 1. The van der Waals surface area contributed by atoms with Crippen LogP contribution in [0.15, 0.2) is 30.3 Å². The predicted octanol–water partition coefficient (Wildman–Crippen LogP) is 0.713. The monoisotopic (exact) mass is 338 g/mol. The Balaban J connectivity index is 2.17. The van der Waals surface area contributed by atoms with E-state index in [-0.39, 0.29) is 12.8 Å². The van der Waals surface area contributed by atoms with Crippen LogP contribution in [-0.2, 0) is 21.1 Å². The highest BCUT2D eigenvalue weighted by Gasteiger charge is 2.43. The molecule has 124 valence electrons. The number of aryl methyl sites for hydroxylation is 1. The lowest BCUT2D eigenvalue weighted by molar-refractivity contribution is -0.131. The first-order valence-electron chi connectivity index (χ1n) is 6.89. The molecule has 0 fully saturated rings. The Labute approximate surface area is 133 Å². The van der Waals surface area contributed by atoms with Gasteiger partial charge in [0.15, 0.2) is 15.7 Å². The van der Waals surface area contributed by atoms with E-state index in [0.29, 0.717) is 11.6 Å². The maximum Gasteiger partial charge on any atom is 0.264 e. The summed E-state index contributed by atoms with van der Waals surface area (Å²) in [6, 6.07) is 9.30. The summed E-state index contributed by atoms with van der Waals surface area (Å²) < 4.78 is 22.0. The van der Waals surface area contributed by atoms with E-state index in [1.54, 1.807) is 0 Å². The van der Waals surface area contributed by atoms with Gasteiger partial charge in [-0.25, -0.2) is 18.9 Å². The molecule has 1 heterocycles. The zero-order valence-corrected chi connectivity index (χ0v) is 13.6. The van der Waals surface area contributed by atoms with Crippen molar-refractivity contribution in [3.63, 3.8) is 0 Å². The smallest absolute Gasteiger partial charge is 0.264 e. The molecule has 1 amide bonds. The molecule has 1 aromatic heterocycles. The molecule has 23 heavy (non-hydrogen) atoms. The fourth-order valence-electron chi connectivity index (χ4n) is 2.07. The maximum atomic E-state index is 11.9. The van der Waals surface area contributed by atoms with Gasteiger partial charge in [0.1, 0.15) is 10.6 Å². The molecule has 0 aliphatic rings. The van der Waals surface area contributed by atoms with Gasteiger partial charge in [0, 0.05) is 18.2 Å². The van der Waals surface area contributed by atoms with Gasteiger partial charge >= 0.3 is 0 Å². The van der Waals surface area contributed by atoms with Gasteiger partial charge in [-0.05, 0) is 13.3 Å². The van der Waals surface area contributed by atoms with Crippen molar-refractivity contribution in [2.24, 2.45) is 0 Å². The highest BCUT2D eigenvalue weighted by atomic mass is 32.2. The molecule has 8 nitrogen and oxygen atoms in total. The van der Waals surface area contributed by atoms with E-state index in [1.807, 2.05) is 30.3 Å². The van der Waals surface area contributed by atoms with E-state index in [1.165, 1.54) is 12.4 Å². The normalized spacial score (nSPS) is 14.2. The largest absolute Gasteiger partial charge is 0.289 e. The SMILES string of the molecule is CC(CCc1nc(-c2ccccc2)n[nH]1)(C(=O)NO)S(C)(=O)=O. The molecule has 0 aliphatic carbocycles. The number of hydroxylamine groups is 1. The van der Waals surface area contributed by atoms with Crippen molar-refractivity contribution in [1.29, 1.82) is 0 Å². The number of hydrogen-bond donors (Lipinski definition) is 3. The molecular formula is C14H18N4O4S. The molecule has 0 spiro atoms. The molecule has 0 aliphatic heterocycles. The van der Waals surface area contributed by atoms with Crippen LogP contribution in [0, 0.1) is 0 Å². The third-order valence-corrected chi connectivity index (χ3v) is 5.83. The minimum absolute atomic E-state index is 0.0400. The molecule has 2 rings (SSSR count). The Hall–Kier alpha value is -2.26. The summed E-state index contributed by atoms with van der Waals surface area (Å²) in [6.07, 6.45) is 1.11. The van der Waals surface area contributed by atoms with E-state index in [9.17, 15) is 13.2 Å². The number of carbonyl (C=O) groups excluding carboxylic acids is 1. The lowest BCUT2D eigenvalue weighted by Crippen LogP contribution is -2.49. The van der Waals surface area contributed by atoms with Crippen LogP contribution in [0.25, 0.3) is 11.4 Å². The van der Waals surface area contributed by atoms with Gasteiger partial charge in [-0.15, -0.1) is 0 Å². The third-order valence-electron chi connectivity index (χ3n) is 3.80. The standard InChI is InChI=1S/C14H18N4O4S/c1-14(13(19)18-20,23(2,21)22)9-8-11-15-12(17-16-11)10-6-4-3-5-7-10/h3-7,20H,8-9H2,1-2H3,(H,18,19)(H,15,16,17). The number of aromatic nitrogens is 3. The van der Waals surface area contributed by atoms with Crippen LogP contribution in [-0.4, -0.2) is 45.7 Å². The molecular weight excluding hydrogens is 320 g/mol. The molecule has 3 N–H and O–H groups in total. The topological polar surface area (TPSA) is 125 Å². The Kier molecular flexibility index (Phi) is 4.81. The van der Waals surface area contributed by atoms with Crippen LogP contribution in [0.2, 0.25) is 0 Å². The molecule has 0 radical (unpaired) electrons. The van der Waals surface area contributed by atoms with Gasteiger partial charge in [-0.3, -0.25) is 15.1 Å². The average molecular weight is 338 g/mol. The highest BCUT2D eigenvalue weighted by Crippen LogP contribution is 2.23. The number of H-pyrrole nitrogens is 1. The van der Waals surface area contributed by atoms with E-state index in [4.69, 9.17) is 5.21 Å². The molecule has 0 saturated heterocycles. The van der Waals surface area contributed by atoms with Crippen molar-refractivity contribution in [3.8, 4) is 11.4 Å². The predicted molar refractivity (Wildman–Crippen MR) is 83.3 cm³/mol. The summed E-state index contributed by atoms with van der Waals surface area (Å²) in [7, 11) is -3.73. The highest BCUT2D eigenvalue weighted by molar-refractivity contribution is 7.92. The number of sulfone groups is 1. The zero-order chi connectivity index (χ0) is 17.1. The first kappa shape index (κ1) is 17.1. The lowest BCUT2D eigenvalue weighted by Gasteiger charge is -2.24. The van der Waals surface area contributed by atoms with Crippen LogP contribution < -0.4 is 5.48 Å². The molecule has 0 saturated carbocycles. The van der Waals surface area contributed by atoms with Crippen molar-refractivity contribution in [2.45, 2.75) is 24.5 Å². The van der Waals surface area contributed by atoms with Crippen molar-refractivity contribution >= 4 is 15.7 Å². The zero-order valence-electron chi connectivity index (χ0n) is 12.8. The minimum atomic E-state index is -3.73. The summed E-state index contributed by atoms with van der Waals surface area (Å²) in [6.45, 7) is 1.27. The number of hydrogen-bond acceptors (Lipinski definition) is 6. The lowest BCUT2D eigenvalue weighted by atomic mass is 10.0. The van der Waals surface area contributed by atoms with Crippen LogP contribution in [0.3, 0.4) is 0 Å². The fourth-order valence-corrected chi connectivity index (χ4v) is 2.92. The van der Waals surface area contributed by atoms with Gasteiger partial charge in [-0.2, -0.15) is 5.10 Å². The Morgan fingerprint density at radius 1 is 1.35 bits per heavy atom. The quantitative estimate of drug-likeness (QED) is 0.526. The summed E-state index contributed by atoms with van der Waals surface area (Å²) >= 11 is 0. The van der Waals surface area contributed by atoms with Crippen LogP contribution in [0.5, 0.6) is 0 Å². The molecule has 1 aromatic carbocycles. The second-order valence-electron chi connectivity index (χ2n) is 5.42. The van der Waals surface area contributed by atoms with Crippen molar-refractivity contribution in [1.82, 2.24) is 20.7 Å². The number of carbonyl (C=O) groups is 1. The first-order chi connectivity index (χ1) is 10.8. The van der Waals surface area contributed by atoms with E-state index < -0.39 is 20.5 Å². The summed E-state index contributed by atoms with van der Waals surface area (Å²) in [5.41, 5.74) is 2.24. The minimum Gasteiger partial charge on any atom is -0.289 e. The van der Waals surface area contributed by atoms with Crippen molar-refractivity contribution in [2.75, 3.05) is 6.26 Å². The Morgan fingerprint density at radius 3 is 2.57 bits per heavy atom. The summed E-state index contributed by atoms with van der Waals surface area (Å²) in [5, 5.41) is 15.6. The summed E-state index contributed by atoms with van der Waals surface area (Å²) in [4.78, 5) is 16.0. The van der Waals surface area contributed by atoms with Crippen molar-refractivity contribution in [3.05, 3.63) is 36.2 Å².